The van der Waals surface area contributed by atoms with Gasteiger partial charge in [-0.3, -0.25) is 4.98 Å². The van der Waals surface area contributed by atoms with Crippen LogP contribution < -0.4 is 5.73 Å². The molecule has 2 aromatic rings. The van der Waals surface area contributed by atoms with Gasteiger partial charge in [0.15, 0.2) is 0 Å². The summed E-state index contributed by atoms with van der Waals surface area (Å²) in [7, 11) is 0. The van der Waals surface area contributed by atoms with Gasteiger partial charge in [0.1, 0.15) is 5.84 Å². The van der Waals surface area contributed by atoms with Crippen molar-refractivity contribution >= 4 is 22.5 Å². The Kier molecular flexibility index (Phi) is 2.55. The van der Waals surface area contributed by atoms with E-state index in [4.69, 9.17) is 5.73 Å². The van der Waals surface area contributed by atoms with Gasteiger partial charge in [-0.15, -0.1) is 5.10 Å². The molecule has 0 saturated heterocycles. The van der Waals surface area contributed by atoms with Crippen molar-refractivity contribution < 1.29 is 0 Å². The monoisotopic (exact) mass is 238 g/mol. The van der Waals surface area contributed by atoms with E-state index in [2.05, 4.69) is 34.2 Å². The second kappa shape index (κ2) is 4.22. The molecule has 2 heterocycles. The fourth-order valence-electron chi connectivity index (χ4n) is 2.08. The first-order valence-corrected chi connectivity index (χ1v) is 5.99. The molecule has 18 heavy (non-hydrogen) atoms. The van der Waals surface area contributed by atoms with Crippen molar-refractivity contribution in [1.82, 2.24) is 4.98 Å². The van der Waals surface area contributed by atoms with E-state index in [9.17, 15) is 0 Å². The van der Waals surface area contributed by atoms with Gasteiger partial charge in [0.25, 0.3) is 0 Å². The number of hydrogen-bond donors (Lipinski definition) is 1. The fourth-order valence-corrected chi connectivity index (χ4v) is 2.08. The normalized spacial score (nSPS) is 19.5. The maximum atomic E-state index is 5.74. The minimum absolute atomic E-state index is 0.252. The Morgan fingerprint density at radius 1 is 1.22 bits per heavy atom. The predicted molar refractivity (Wildman–Crippen MR) is 73.7 cm³/mol. The lowest BCUT2D eigenvalue weighted by molar-refractivity contribution is 0.779. The number of amidine groups is 1. The first-order chi connectivity index (χ1) is 8.74. The van der Waals surface area contributed by atoms with Crippen LogP contribution in [0.1, 0.15) is 18.9 Å². The van der Waals surface area contributed by atoms with Crippen LogP contribution in [0.25, 0.3) is 10.9 Å². The van der Waals surface area contributed by atoms with Crippen LogP contribution in [0.3, 0.4) is 0 Å². The summed E-state index contributed by atoms with van der Waals surface area (Å²) in [5.74, 6) is 0.864. The summed E-state index contributed by atoms with van der Waals surface area (Å²) in [6.45, 7) is 2.07. The molecule has 1 aromatic carbocycles. The third-order valence-corrected chi connectivity index (χ3v) is 3.23. The number of pyridine rings is 1. The highest BCUT2D eigenvalue weighted by molar-refractivity contribution is 6.06. The average Bonchev–Trinajstić information content (AvgIpc) is 2.41. The van der Waals surface area contributed by atoms with Crippen LogP contribution in [0.5, 0.6) is 0 Å². The molecule has 1 atom stereocenters. The van der Waals surface area contributed by atoms with Gasteiger partial charge in [-0.1, -0.05) is 19.1 Å². The van der Waals surface area contributed by atoms with Gasteiger partial charge in [-0.2, -0.15) is 5.10 Å². The van der Waals surface area contributed by atoms with Crippen molar-refractivity contribution in [3.63, 3.8) is 0 Å². The maximum absolute atomic E-state index is 5.74. The van der Waals surface area contributed by atoms with E-state index in [0.29, 0.717) is 5.84 Å². The van der Waals surface area contributed by atoms with Crippen LogP contribution in [0.15, 0.2) is 46.7 Å². The lowest BCUT2D eigenvalue weighted by Gasteiger charge is -2.16. The van der Waals surface area contributed by atoms with E-state index in [-0.39, 0.29) is 5.92 Å². The Hall–Kier alpha value is -2.23. The van der Waals surface area contributed by atoms with Crippen LogP contribution in [0.2, 0.25) is 0 Å². The SMILES string of the molecule is CC1CC(c2ccc3ncccc3c2)=NN=C1N. The van der Waals surface area contributed by atoms with Gasteiger partial charge in [0.05, 0.1) is 11.2 Å². The summed E-state index contributed by atoms with van der Waals surface area (Å²) in [5, 5.41) is 9.33. The van der Waals surface area contributed by atoms with Crippen molar-refractivity contribution in [2.45, 2.75) is 13.3 Å². The molecule has 1 aliphatic heterocycles. The van der Waals surface area contributed by atoms with Crippen LogP contribution in [0, 0.1) is 5.92 Å². The molecule has 1 aromatic heterocycles. The molecule has 2 N–H and O–H groups in total. The molecule has 0 amide bonds. The summed E-state index contributed by atoms with van der Waals surface area (Å²) in [4.78, 5) is 4.31. The maximum Gasteiger partial charge on any atom is 0.125 e. The first kappa shape index (κ1) is 10.9. The van der Waals surface area contributed by atoms with Gasteiger partial charge in [-0.25, -0.2) is 0 Å². The highest BCUT2D eigenvalue weighted by Gasteiger charge is 2.17. The third-order valence-electron chi connectivity index (χ3n) is 3.23. The van der Waals surface area contributed by atoms with E-state index in [1.165, 1.54) is 0 Å². The number of aromatic nitrogens is 1. The van der Waals surface area contributed by atoms with Crippen LogP contribution in [-0.2, 0) is 0 Å². The molecule has 0 spiro atoms. The lowest BCUT2D eigenvalue weighted by atomic mass is 9.96. The Balaban J connectivity index is 2.05. The molecular formula is C14H14N4. The van der Waals surface area contributed by atoms with Crippen molar-refractivity contribution in [3.05, 3.63) is 42.1 Å². The number of benzene rings is 1. The molecule has 4 nitrogen and oxygen atoms in total. The first-order valence-electron chi connectivity index (χ1n) is 5.99. The van der Waals surface area contributed by atoms with Gasteiger partial charge in [0, 0.05) is 23.9 Å². The zero-order valence-electron chi connectivity index (χ0n) is 10.2. The Labute approximate surface area is 105 Å². The molecule has 1 unspecified atom stereocenters. The van der Waals surface area contributed by atoms with E-state index in [1.807, 2.05) is 18.2 Å². The van der Waals surface area contributed by atoms with E-state index >= 15 is 0 Å². The number of nitrogens with zero attached hydrogens (tertiary/aromatic N) is 3. The molecule has 0 radical (unpaired) electrons. The molecule has 0 fully saturated rings. The van der Waals surface area contributed by atoms with Crippen LogP contribution in [-0.4, -0.2) is 16.5 Å². The average molecular weight is 238 g/mol. The molecule has 0 bridgehead atoms. The summed E-state index contributed by atoms with van der Waals surface area (Å²) >= 11 is 0. The smallest absolute Gasteiger partial charge is 0.125 e. The highest BCUT2D eigenvalue weighted by Crippen LogP contribution is 2.19. The third kappa shape index (κ3) is 1.86. The van der Waals surface area contributed by atoms with Gasteiger partial charge in [0.2, 0.25) is 0 Å². The van der Waals surface area contributed by atoms with Crippen LogP contribution >= 0.6 is 0 Å². The van der Waals surface area contributed by atoms with E-state index in [1.54, 1.807) is 6.20 Å². The van der Waals surface area contributed by atoms with Gasteiger partial charge < -0.3 is 5.73 Å². The van der Waals surface area contributed by atoms with E-state index < -0.39 is 0 Å². The quantitative estimate of drug-likeness (QED) is 0.828. The highest BCUT2D eigenvalue weighted by atomic mass is 15.2. The number of nitrogens with two attached hydrogens (primary N) is 1. The van der Waals surface area contributed by atoms with Gasteiger partial charge in [-0.05, 0) is 23.8 Å². The van der Waals surface area contributed by atoms with E-state index in [0.717, 1.165) is 28.6 Å². The summed E-state index contributed by atoms with van der Waals surface area (Å²) < 4.78 is 0. The summed E-state index contributed by atoms with van der Waals surface area (Å²) in [6, 6.07) is 10.1. The Morgan fingerprint density at radius 2 is 2.11 bits per heavy atom. The molecule has 0 aliphatic carbocycles. The van der Waals surface area contributed by atoms with Crippen molar-refractivity contribution in [2.75, 3.05) is 0 Å². The fraction of sp³-hybridized carbons (Fsp3) is 0.214. The predicted octanol–water partition coefficient (Wildman–Crippen LogP) is 2.34. The standard InChI is InChI=1S/C14H14N4/c1-9-7-13(17-18-14(9)15)11-4-5-12-10(8-11)3-2-6-16-12/h2-6,8-9H,7H2,1H3,(H2,15,18). The lowest BCUT2D eigenvalue weighted by Crippen LogP contribution is -2.26. The Bertz CT molecular complexity index is 658. The number of rotatable bonds is 1. The molecule has 4 heteroatoms. The molecule has 3 rings (SSSR count). The second-order valence-corrected chi connectivity index (χ2v) is 4.59. The summed E-state index contributed by atoms with van der Waals surface area (Å²) in [5.41, 5.74) is 8.82. The molecule has 0 saturated carbocycles. The van der Waals surface area contributed by atoms with Gasteiger partial charge >= 0.3 is 0 Å². The minimum atomic E-state index is 0.252. The molecular weight excluding hydrogens is 224 g/mol. The zero-order chi connectivity index (χ0) is 12.5. The molecule has 90 valence electrons. The largest absolute Gasteiger partial charge is 0.385 e. The zero-order valence-corrected chi connectivity index (χ0v) is 10.2. The van der Waals surface area contributed by atoms with Crippen molar-refractivity contribution in [3.8, 4) is 0 Å². The minimum Gasteiger partial charge on any atom is -0.385 e. The number of fused-ring (bicyclic) bond motifs is 1. The van der Waals surface area contributed by atoms with Crippen molar-refractivity contribution in [1.29, 1.82) is 0 Å². The topological polar surface area (TPSA) is 63.6 Å². The number of hydrogen-bond acceptors (Lipinski definition) is 4. The van der Waals surface area contributed by atoms with Crippen molar-refractivity contribution in [2.24, 2.45) is 21.9 Å². The van der Waals surface area contributed by atoms with Crippen LogP contribution in [0.4, 0.5) is 0 Å². The second-order valence-electron chi connectivity index (χ2n) is 4.59. The summed E-state index contributed by atoms with van der Waals surface area (Å²) in [6.07, 6.45) is 2.63. The molecule has 1 aliphatic rings. The Morgan fingerprint density at radius 3 is 2.94 bits per heavy atom.